The highest BCUT2D eigenvalue weighted by Gasteiger charge is 2.26. The minimum atomic E-state index is -3.52. The Morgan fingerprint density at radius 1 is 1.07 bits per heavy atom. The lowest BCUT2D eigenvalue weighted by atomic mass is 9.99. The first-order valence-electron chi connectivity index (χ1n) is 10.5. The van der Waals surface area contributed by atoms with E-state index in [0.29, 0.717) is 38.6 Å². The minimum absolute atomic E-state index is 0.139. The van der Waals surface area contributed by atoms with Gasteiger partial charge >= 0.3 is 5.97 Å². The quantitative estimate of drug-likeness (QED) is 0.598. The Morgan fingerprint density at radius 2 is 1.70 bits per heavy atom. The molecule has 0 unspecified atom stereocenters. The SMILES string of the molecule is CC1CCN(C(=O)COC(=O)CCc2ccc(S(=O)(=O)N3CCOCC3)cc2)CC1. The van der Waals surface area contributed by atoms with Crippen molar-refractivity contribution in [1.29, 1.82) is 0 Å². The molecule has 0 atom stereocenters. The summed E-state index contributed by atoms with van der Waals surface area (Å²) in [6.45, 7) is 4.90. The van der Waals surface area contributed by atoms with E-state index >= 15 is 0 Å². The van der Waals surface area contributed by atoms with Crippen molar-refractivity contribution in [3.05, 3.63) is 29.8 Å². The number of esters is 1. The van der Waals surface area contributed by atoms with Gasteiger partial charge in [0.25, 0.3) is 5.91 Å². The fourth-order valence-electron chi connectivity index (χ4n) is 3.57. The van der Waals surface area contributed by atoms with E-state index < -0.39 is 16.0 Å². The highest BCUT2D eigenvalue weighted by Crippen LogP contribution is 2.19. The molecule has 0 bridgehead atoms. The molecule has 0 radical (unpaired) electrons. The summed E-state index contributed by atoms with van der Waals surface area (Å²) in [7, 11) is -3.52. The van der Waals surface area contributed by atoms with Crippen LogP contribution < -0.4 is 0 Å². The number of amides is 1. The Hall–Kier alpha value is -1.97. The highest BCUT2D eigenvalue weighted by atomic mass is 32.2. The van der Waals surface area contributed by atoms with Crippen LogP contribution in [0, 0.1) is 5.92 Å². The van der Waals surface area contributed by atoms with Crippen LogP contribution in [0.5, 0.6) is 0 Å². The van der Waals surface area contributed by atoms with Gasteiger partial charge in [-0.25, -0.2) is 8.42 Å². The number of carbonyl (C=O) groups excluding carboxylic acids is 2. The Balaban J connectivity index is 1.43. The van der Waals surface area contributed by atoms with Crippen LogP contribution in [0.15, 0.2) is 29.2 Å². The van der Waals surface area contributed by atoms with Crippen LogP contribution in [-0.4, -0.2) is 75.5 Å². The third-order valence-corrected chi connectivity index (χ3v) is 7.55. The van der Waals surface area contributed by atoms with E-state index in [1.807, 2.05) is 0 Å². The van der Waals surface area contributed by atoms with Crippen LogP contribution in [0.4, 0.5) is 0 Å². The monoisotopic (exact) mass is 438 g/mol. The van der Waals surface area contributed by atoms with Crippen LogP contribution in [0.25, 0.3) is 0 Å². The molecule has 0 aliphatic carbocycles. The number of aryl methyl sites for hydroxylation is 1. The smallest absolute Gasteiger partial charge is 0.306 e. The molecule has 9 heteroatoms. The summed E-state index contributed by atoms with van der Waals surface area (Å²) < 4.78 is 37.0. The van der Waals surface area contributed by atoms with Gasteiger partial charge in [0.1, 0.15) is 0 Å². The van der Waals surface area contributed by atoms with E-state index in [4.69, 9.17) is 9.47 Å². The maximum Gasteiger partial charge on any atom is 0.306 e. The molecule has 0 aromatic heterocycles. The molecular weight excluding hydrogens is 408 g/mol. The van der Waals surface area contributed by atoms with Gasteiger partial charge in [0, 0.05) is 32.6 Å². The average molecular weight is 439 g/mol. The molecule has 1 amide bonds. The van der Waals surface area contributed by atoms with Crippen molar-refractivity contribution in [3.8, 4) is 0 Å². The second kappa shape index (κ2) is 10.4. The number of hydrogen-bond acceptors (Lipinski definition) is 6. The van der Waals surface area contributed by atoms with Gasteiger partial charge in [0.15, 0.2) is 6.61 Å². The van der Waals surface area contributed by atoms with Crippen molar-refractivity contribution < 1.29 is 27.5 Å². The topological polar surface area (TPSA) is 93.2 Å². The molecule has 8 nitrogen and oxygen atoms in total. The van der Waals surface area contributed by atoms with Crippen LogP contribution in [0.1, 0.15) is 31.7 Å². The first kappa shape index (κ1) is 22.7. The maximum atomic E-state index is 12.6. The molecule has 3 rings (SSSR count). The minimum Gasteiger partial charge on any atom is -0.456 e. The number of rotatable bonds is 7. The third kappa shape index (κ3) is 6.02. The summed E-state index contributed by atoms with van der Waals surface area (Å²) in [5.74, 6) is 0.0542. The predicted octanol–water partition coefficient (Wildman–Crippen LogP) is 1.44. The summed E-state index contributed by atoms with van der Waals surface area (Å²) >= 11 is 0. The van der Waals surface area contributed by atoms with Crippen molar-refractivity contribution in [2.45, 2.75) is 37.5 Å². The van der Waals surface area contributed by atoms with Crippen molar-refractivity contribution in [2.75, 3.05) is 46.0 Å². The third-order valence-electron chi connectivity index (χ3n) is 5.64. The second-order valence-corrected chi connectivity index (χ2v) is 9.82. The molecule has 2 heterocycles. The van der Waals surface area contributed by atoms with Gasteiger partial charge in [-0.15, -0.1) is 0 Å². The van der Waals surface area contributed by atoms with E-state index in [1.165, 1.54) is 4.31 Å². The lowest BCUT2D eigenvalue weighted by Crippen LogP contribution is -2.40. The first-order valence-corrected chi connectivity index (χ1v) is 11.9. The number of hydrogen-bond donors (Lipinski definition) is 0. The lowest BCUT2D eigenvalue weighted by Gasteiger charge is -2.30. The second-order valence-electron chi connectivity index (χ2n) is 7.88. The number of nitrogens with zero attached hydrogens (tertiary/aromatic N) is 2. The van der Waals surface area contributed by atoms with Crippen LogP contribution in [0.2, 0.25) is 0 Å². The largest absolute Gasteiger partial charge is 0.456 e. The van der Waals surface area contributed by atoms with Crippen LogP contribution in [-0.2, 0) is 35.5 Å². The molecule has 2 fully saturated rings. The number of sulfonamides is 1. The summed E-state index contributed by atoms with van der Waals surface area (Å²) in [4.78, 5) is 26.1. The van der Waals surface area contributed by atoms with E-state index in [0.717, 1.165) is 31.5 Å². The normalized spacial score (nSPS) is 18.9. The first-order chi connectivity index (χ1) is 14.4. The zero-order chi connectivity index (χ0) is 21.6. The number of ether oxygens (including phenoxy) is 2. The molecule has 0 N–H and O–H groups in total. The van der Waals surface area contributed by atoms with Gasteiger partial charge in [-0.05, 0) is 42.9 Å². The van der Waals surface area contributed by atoms with E-state index in [2.05, 4.69) is 6.92 Å². The fourth-order valence-corrected chi connectivity index (χ4v) is 4.98. The zero-order valence-electron chi connectivity index (χ0n) is 17.4. The van der Waals surface area contributed by atoms with Gasteiger partial charge in [0.05, 0.1) is 18.1 Å². The summed E-state index contributed by atoms with van der Waals surface area (Å²) in [6, 6.07) is 6.54. The maximum absolute atomic E-state index is 12.6. The lowest BCUT2D eigenvalue weighted by molar-refractivity contribution is -0.152. The molecule has 1 aromatic rings. The Labute approximate surface area is 178 Å². The summed E-state index contributed by atoms with van der Waals surface area (Å²) in [5, 5.41) is 0. The van der Waals surface area contributed by atoms with Crippen LogP contribution >= 0.6 is 0 Å². The number of piperidine rings is 1. The van der Waals surface area contributed by atoms with Crippen LogP contribution in [0.3, 0.4) is 0 Å². The fraction of sp³-hybridized carbons (Fsp3) is 0.619. The van der Waals surface area contributed by atoms with Crippen molar-refractivity contribution in [1.82, 2.24) is 9.21 Å². The standard InChI is InChI=1S/C21H30N2O6S/c1-17-8-10-22(11-9-17)20(24)16-29-21(25)7-4-18-2-5-19(6-3-18)30(26,27)23-12-14-28-15-13-23/h2-3,5-6,17H,4,7-16H2,1H3. The van der Waals surface area contributed by atoms with E-state index in [-0.39, 0.29) is 23.8 Å². The number of morpholine rings is 1. The van der Waals surface area contributed by atoms with Gasteiger partial charge < -0.3 is 14.4 Å². The van der Waals surface area contributed by atoms with Crippen molar-refractivity contribution >= 4 is 21.9 Å². The van der Waals surface area contributed by atoms with Gasteiger partial charge in [-0.3, -0.25) is 9.59 Å². The number of carbonyl (C=O) groups is 2. The van der Waals surface area contributed by atoms with Crippen molar-refractivity contribution in [3.63, 3.8) is 0 Å². The molecule has 166 valence electrons. The molecule has 2 aliphatic heterocycles. The number of benzene rings is 1. The summed E-state index contributed by atoms with van der Waals surface area (Å²) in [6.07, 6.45) is 2.53. The van der Waals surface area contributed by atoms with Gasteiger partial charge in [-0.1, -0.05) is 19.1 Å². The molecule has 1 aromatic carbocycles. The molecule has 2 aliphatic rings. The van der Waals surface area contributed by atoms with Gasteiger partial charge in [0.2, 0.25) is 10.0 Å². The number of likely N-dealkylation sites (tertiary alicyclic amines) is 1. The van der Waals surface area contributed by atoms with E-state index in [9.17, 15) is 18.0 Å². The molecule has 2 saturated heterocycles. The van der Waals surface area contributed by atoms with E-state index in [1.54, 1.807) is 29.2 Å². The molecule has 0 spiro atoms. The Kier molecular flexibility index (Phi) is 7.85. The summed E-state index contributed by atoms with van der Waals surface area (Å²) in [5.41, 5.74) is 0.837. The molecule has 0 saturated carbocycles. The molecular formula is C21H30N2O6S. The molecule has 30 heavy (non-hydrogen) atoms. The van der Waals surface area contributed by atoms with Crippen molar-refractivity contribution in [2.24, 2.45) is 5.92 Å². The Bertz CT molecular complexity index is 826. The zero-order valence-corrected chi connectivity index (χ0v) is 18.2. The predicted molar refractivity (Wildman–Crippen MR) is 110 cm³/mol. The van der Waals surface area contributed by atoms with Gasteiger partial charge in [-0.2, -0.15) is 4.31 Å². The highest BCUT2D eigenvalue weighted by molar-refractivity contribution is 7.89. The average Bonchev–Trinajstić information content (AvgIpc) is 2.77. The Morgan fingerprint density at radius 3 is 2.33 bits per heavy atom.